The van der Waals surface area contributed by atoms with Crippen molar-refractivity contribution in [2.75, 3.05) is 17.6 Å². The van der Waals surface area contributed by atoms with Crippen molar-refractivity contribution in [1.82, 2.24) is 10.3 Å². The van der Waals surface area contributed by atoms with Crippen LogP contribution in [0.25, 0.3) is 0 Å². The van der Waals surface area contributed by atoms with E-state index < -0.39 is 17.5 Å². The Bertz CT molecular complexity index is 660. The smallest absolute Gasteiger partial charge is 0.265 e. The number of hydrogen-bond acceptors (Lipinski definition) is 5. The first kappa shape index (κ1) is 15.2. The first-order valence-electron chi connectivity index (χ1n) is 6.23. The number of anilines is 2. The second-order valence-electron chi connectivity index (χ2n) is 4.18. The first-order valence-corrected chi connectivity index (χ1v) is 7.05. The van der Waals surface area contributed by atoms with Gasteiger partial charge in [-0.2, -0.15) is 0 Å². The van der Waals surface area contributed by atoms with Crippen molar-refractivity contribution in [3.63, 3.8) is 0 Å². The molecule has 0 aliphatic rings. The van der Waals surface area contributed by atoms with E-state index in [2.05, 4.69) is 15.6 Å². The van der Waals surface area contributed by atoms with Gasteiger partial charge in [-0.1, -0.05) is 11.3 Å². The van der Waals surface area contributed by atoms with Crippen LogP contribution >= 0.6 is 11.3 Å². The number of amides is 1. The summed E-state index contributed by atoms with van der Waals surface area (Å²) < 4.78 is 26.5. The number of rotatable bonds is 5. The van der Waals surface area contributed by atoms with Crippen molar-refractivity contribution in [3.05, 3.63) is 40.3 Å². The number of halogens is 2. The molecule has 0 fully saturated rings. The maximum absolute atomic E-state index is 13.4. The molecule has 112 valence electrons. The van der Waals surface area contributed by atoms with Crippen molar-refractivity contribution in [1.29, 1.82) is 0 Å². The Morgan fingerprint density at radius 3 is 2.90 bits per heavy atom. The van der Waals surface area contributed by atoms with Crippen LogP contribution in [0.3, 0.4) is 0 Å². The second-order valence-corrected chi connectivity index (χ2v) is 5.18. The third kappa shape index (κ3) is 3.66. The largest absolute Gasteiger partial charge is 0.382 e. The Balaban J connectivity index is 2.06. The van der Waals surface area contributed by atoms with Crippen LogP contribution in [0.4, 0.5) is 19.7 Å². The van der Waals surface area contributed by atoms with Gasteiger partial charge in [-0.05, 0) is 25.1 Å². The van der Waals surface area contributed by atoms with E-state index in [0.717, 1.165) is 29.5 Å². The Hall–Kier alpha value is -2.22. The predicted molar refractivity (Wildman–Crippen MR) is 78.2 cm³/mol. The lowest BCUT2D eigenvalue weighted by molar-refractivity contribution is 0.0955. The lowest BCUT2D eigenvalue weighted by Crippen LogP contribution is -2.23. The van der Waals surface area contributed by atoms with E-state index >= 15 is 0 Å². The maximum Gasteiger partial charge on any atom is 0.265 e. The van der Waals surface area contributed by atoms with Crippen LogP contribution in [0.2, 0.25) is 0 Å². The third-order valence-corrected chi connectivity index (χ3v) is 3.66. The van der Waals surface area contributed by atoms with E-state index in [4.69, 9.17) is 5.73 Å². The van der Waals surface area contributed by atoms with Crippen LogP contribution in [0, 0.1) is 11.6 Å². The van der Waals surface area contributed by atoms with Gasteiger partial charge in [0.2, 0.25) is 0 Å². The number of aromatic nitrogens is 1. The molecule has 0 radical (unpaired) electrons. The van der Waals surface area contributed by atoms with E-state index in [9.17, 15) is 13.6 Å². The fourth-order valence-electron chi connectivity index (χ4n) is 1.66. The summed E-state index contributed by atoms with van der Waals surface area (Å²) in [4.78, 5) is 16.2. The van der Waals surface area contributed by atoms with Crippen molar-refractivity contribution in [3.8, 4) is 0 Å². The molecule has 0 spiro atoms. The number of carbonyl (C=O) groups is 1. The highest BCUT2D eigenvalue weighted by Crippen LogP contribution is 2.24. The molecule has 0 atom stereocenters. The summed E-state index contributed by atoms with van der Waals surface area (Å²) in [6.07, 6.45) is 0. The van der Waals surface area contributed by atoms with E-state index in [1.54, 1.807) is 0 Å². The Morgan fingerprint density at radius 1 is 1.43 bits per heavy atom. The summed E-state index contributed by atoms with van der Waals surface area (Å²) in [5.41, 5.74) is 5.73. The molecule has 2 rings (SSSR count). The van der Waals surface area contributed by atoms with E-state index in [0.29, 0.717) is 11.7 Å². The fourth-order valence-corrected chi connectivity index (χ4v) is 2.52. The molecule has 1 aromatic carbocycles. The summed E-state index contributed by atoms with van der Waals surface area (Å²) in [7, 11) is 0. The van der Waals surface area contributed by atoms with Crippen molar-refractivity contribution >= 4 is 28.2 Å². The minimum absolute atomic E-state index is 0.0679. The molecule has 0 unspecified atom stereocenters. The van der Waals surface area contributed by atoms with Gasteiger partial charge in [0.05, 0.1) is 0 Å². The average Bonchev–Trinajstić information content (AvgIpc) is 2.81. The number of benzene rings is 1. The van der Waals surface area contributed by atoms with Gasteiger partial charge in [0, 0.05) is 18.7 Å². The van der Waals surface area contributed by atoms with Crippen molar-refractivity contribution in [2.24, 2.45) is 0 Å². The topological polar surface area (TPSA) is 80.0 Å². The highest BCUT2D eigenvalue weighted by molar-refractivity contribution is 7.18. The molecule has 0 aliphatic heterocycles. The average molecular weight is 312 g/mol. The maximum atomic E-state index is 13.4. The third-order valence-electron chi connectivity index (χ3n) is 2.63. The lowest BCUT2D eigenvalue weighted by Gasteiger charge is -2.05. The Kier molecular flexibility index (Phi) is 4.69. The van der Waals surface area contributed by atoms with Crippen LogP contribution < -0.4 is 16.4 Å². The summed E-state index contributed by atoms with van der Waals surface area (Å²) in [6.45, 7) is 2.42. The van der Waals surface area contributed by atoms with Gasteiger partial charge in [-0.3, -0.25) is 4.79 Å². The fraction of sp³-hybridized carbons (Fsp3) is 0.231. The van der Waals surface area contributed by atoms with Crippen LogP contribution in [0.15, 0.2) is 18.2 Å². The van der Waals surface area contributed by atoms with Crippen LogP contribution in [0.1, 0.15) is 22.2 Å². The number of thiazole rings is 1. The highest BCUT2D eigenvalue weighted by atomic mass is 32.1. The molecule has 8 heteroatoms. The van der Waals surface area contributed by atoms with Gasteiger partial charge in [0.15, 0.2) is 5.13 Å². The molecule has 2 aromatic rings. The Labute approximate surface area is 124 Å². The molecule has 0 saturated carbocycles. The number of hydrogen-bond donors (Lipinski definition) is 3. The quantitative estimate of drug-likeness (QED) is 0.792. The molecule has 0 saturated heterocycles. The van der Waals surface area contributed by atoms with Gasteiger partial charge in [-0.15, -0.1) is 0 Å². The van der Waals surface area contributed by atoms with Crippen LogP contribution in [-0.2, 0) is 6.54 Å². The normalized spacial score (nSPS) is 10.4. The molecule has 21 heavy (non-hydrogen) atoms. The van der Waals surface area contributed by atoms with Crippen molar-refractivity contribution in [2.45, 2.75) is 13.5 Å². The number of nitrogens with one attached hydrogen (secondary N) is 2. The lowest BCUT2D eigenvalue weighted by atomic mass is 10.2. The SMILES string of the molecule is CCNc1nc(N)c(C(=O)NCc2cc(F)ccc2F)s1. The minimum Gasteiger partial charge on any atom is -0.382 e. The standard InChI is InChI=1S/C13H14F2N4OS/c1-2-17-13-19-11(16)10(21-13)12(20)18-6-7-5-8(14)3-4-9(7)15/h3-5H,2,6,16H2,1H3,(H,17,19)(H,18,20). The van der Waals surface area contributed by atoms with Gasteiger partial charge >= 0.3 is 0 Å². The summed E-state index contributed by atoms with van der Waals surface area (Å²) in [5, 5.41) is 5.99. The molecule has 1 amide bonds. The molecular weight excluding hydrogens is 298 g/mol. The van der Waals surface area contributed by atoms with Gasteiger partial charge < -0.3 is 16.4 Å². The van der Waals surface area contributed by atoms with Gasteiger partial charge in [0.1, 0.15) is 22.3 Å². The number of nitrogens with two attached hydrogens (primary N) is 1. The minimum atomic E-state index is -0.581. The first-order chi connectivity index (χ1) is 10.0. The zero-order valence-corrected chi connectivity index (χ0v) is 12.1. The number of carbonyl (C=O) groups excluding carboxylic acids is 1. The molecule has 0 aliphatic carbocycles. The van der Waals surface area contributed by atoms with E-state index in [1.165, 1.54) is 0 Å². The van der Waals surface area contributed by atoms with Crippen molar-refractivity contribution < 1.29 is 13.6 Å². The summed E-state index contributed by atoms with van der Waals surface area (Å²) >= 11 is 1.11. The zero-order valence-electron chi connectivity index (χ0n) is 11.2. The molecule has 0 bridgehead atoms. The second kappa shape index (κ2) is 6.49. The van der Waals surface area contributed by atoms with Crippen LogP contribution in [-0.4, -0.2) is 17.4 Å². The summed E-state index contributed by atoms with van der Waals surface area (Å²) in [5.74, 6) is -1.51. The monoisotopic (exact) mass is 312 g/mol. The predicted octanol–water partition coefficient (Wildman–Crippen LogP) is 2.37. The van der Waals surface area contributed by atoms with E-state index in [1.807, 2.05) is 6.92 Å². The zero-order chi connectivity index (χ0) is 15.4. The van der Waals surface area contributed by atoms with Crippen LogP contribution in [0.5, 0.6) is 0 Å². The van der Waals surface area contributed by atoms with Gasteiger partial charge in [0.25, 0.3) is 5.91 Å². The number of nitrogen functional groups attached to an aromatic ring is 1. The summed E-state index contributed by atoms with van der Waals surface area (Å²) in [6, 6.07) is 3.07. The highest BCUT2D eigenvalue weighted by Gasteiger charge is 2.16. The molecule has 4 N–H and O–H groups in total. The molecule has 5 nitrogen and oxygen atoms in total. The molecular formula is C13H14F2N4OS. The van der Waals surface area contributed by atoms with Gasteiger partial charge in [-0.25, -0.2) is 13.8 Å². The molecule has 1 aromatic heterocycles. The Morgan fingerprint density at radius 2 is 2.19 bits per heavy atom. The van der Waals surface area contributed by atoms with E-state index in [-0.39, 0.29) is 22.8 Å². The molecule has 1 heterocycles. The number of nitrogens with zero attached hydrogens (tertiary/aromatic N) is 1.